The average Bonchev–Trinajstić information content (AvgIpc) is 2.41. The Bertz CT molecular complexity index is 612. The Morgan fingerprint density at radius 3 is 2.00 bits per heavy atom. The zero-order valence-electron chi connectivity index (χ0n) is 13.6. The lowest BCUT2D eigenvalue weighted by molar-refractivity contribution is 0.242. The molecule has 0 fully saturated rings. The normalized spacial score (nSPS) is 14.0. The van der Waals surface area contributed by atoms with Crippen LogP contribution >= 0.6 is 0 Å². The van der Waals surface area contributed by atoms with E-state index in [0.29, 0.717) is 0 Å². The van der Waals surface area contributed by atoms with Gasteiger partial charge in [-0.1, -0.05) is 30.3 Å². The van der Waals surface area contributed by atoms with Crippen LogP contribution in [0.25, 0.3) is 0 Å². The molecule has 0 radical (unpaired) electrons. The van der Waals surface area contributed by atoms with Crippen molar-refractivity contribution < 1.29 is 4.74 Å². The number of hydrogen-bond donors (Lipinski definition) is 1. The molecule has 2 aromatic rings. The highest BCUT2D eigenvalue weighted by molar-refractivity contribution is 5.42. The van der Waals surface area contributed by atoms with Crippen molar-refractivity contribution >= 4 is 0 Å². The smallest absolute Gasteiger partial charge is 0.119 e. The lowest BCUT2D eigenvalue weighted by Gasteiger charge is -2.27. The minimum atomic E-state index is -0.505. The van der Waals surface area contributed by atoms with Gasteiger partial charge in [-0.25, -0.2) is 0 Å². The standard InChI is InChI=1S/C19H25NO/c1-13(2)21-18-10-8-16(9-11-18)19(5,20)17-7-6-14(3)15(4)12-17/h6-13H,20H2,1-5H3. The number of hydrogen-bond acceptors (Lipinski definition) is 2. The van der Waals surface area contributed by atoms with E-state index < -0.39 is 5.54 Å². The van der Waals surface area contributed by atoms with Crippen molar-refractivity contribution in [1.82, 2.24) is 0 Å². The van der Waals surface area contributed by atoms with Crippen LogP contribution in [0, 0.1) is 13.8 Å². The molecule has 0 aliphatic carbocycles. The third-order valence-corrected chi connectivity index (χ3v) is 3.93. The summed E-state index contributed by atoms with van der Waals surface area (Å²) in [5.74, 6) is 0.879. The molecule has 2 rings (SSSR count). The molecule has 0 aromatic heterocycles. The highest BCUT2D eigenvalue weighted by Crippen LogP contribution is 2.29. The second-order valence-electron chi connectivity index (χ2n) is 6.19. The Morgan fingerprint density at radius 2 is 1.48 bits per heavy atom. The van der Waals surface area contributed by atoms with Crippen LogP contribution in [0.4, 0.5) is 0 Å². The predicted octanol–water partition coefficient (Wildman–Crippen LogP) is 4.31. The first-order chi connectivity index (χ1) is 9.80. The van der Waals surface area contributed by atoms with Gasteiger partial charge in [0, 0.05) is 0 Å². The Balaban J connectivity index is 2.32. The molecule has 0 aliphatic rings. The Kier molecular flexibility index (Phi) is 4.38. The first-order valence-corrected chi connectivity index (χ1v) is 7.44. The zero-order valence-corrected chi connectivity index (χ0v) is 13.6. The van der Waals surface area contributed by atoms with Crippen LogP contribution in [-0.4, -0.2) is 6.10 Å². The van der Waals surface area contributed by atoms with Crippen LogP contribution in [0.5, 0.6) is 5.75 Å². The lowest BCUT2D eigenvalue weighted by atomic mass is 9.84. The second-order valence-corrected chi connectivity index (χ2v) is 6.19. The van der Waals surface area contributed by atoms with Crippen LogP contribution in [0.2, 0.25) is 0 Å². The average molecular weight is 283 g/mol. The van der Waals surface area contributed by atoms with Gasteiger partial charge in [-0.15, -0.1) is 0 Å². The number of benzene rings is 2. The molecule has 0 saturated heterocycles. The van der Waals surface area contributed by atoms with Crippen molar-refractivity contribution in [2.24, 2.45) is 5.73 Å². The summed E-state index contributed by atoms with van der Waals surface area (Å²) in [6.07, 6.45) is 0.180. The fraction of sp³-hybridized carbons (Fsp3) is 0.368. The van der Waals surface area contributed by atoms with E-state index in [9.17, 15) is 0 Å². The summed E-state index contributed by atoms with van der Waals surface area (Å²) in [4.78, 5) is 0. The summed E-state index contributed by atoms with van der Waals surface area (Å²) in [6, 6.07) is 14.5. The Labute approximate surface area is 127 Å². The summed E-state index contributed by atoms with van der Waals surface area (Å²) < 4.78 is 5.68. The van der Waals surface area contributed by atoms with Gasteiger partial charge < -0.3 is 10.5 Å². The topological polar surface area (TPSA) is 35.2 Å². The molecule has 0 bridgehead atoms. The Morgan fingerprint density at radius 1 is 0.905 bits per heavy atom. The third kappa shape index (κ3) is 3.45. The molecule has 2 heteroatoms. The van der Waals surface area contributed by atoms with Crippen LogP contribution in [-0.2, 0) is 5.54 Å². The highest BCUT2D eigenvalue weighted by atomic mass is 16.5. The van der Waals surface area contributed by atoms with Crippen molar-refractivity contribution in [3.05, 3.63) is 64.7 Å². The van der Waals surface area contributed by atoms with Crippen molar-refractivity contribution in [2.45, 2.75) is 46.3 Å². The maximum absolute atomic E-state index is 6.59. The minimum absolute atomic E-state index is 0.180. The molecule has 0 amide bonds. The number of nitrogens with two attached hydrogens (primary N) is 1. The summed E-state index contributed by atoms with van der Waals surface area (Å²) >= 11 is 0. The van der Waals surface area contributed by atoms with Crippen LogP contribution < -0.4 is 10.5 Å². The second kappa shape index (κ2) is 5.90. The fourth-order valence-corrected chi connectivity index (χ4v) is 2.38. The molecule has 1 unspecified atom stereocenters. The van der Waals surface area contributed by atoms with E-state index in [1.54, 1.807) is 0 Å². The summed E-state index contributed by atoms with van der Waals surface area (Å²) in [7, 11) is 0. The van der Waals surface area contributed by atoms with Crippen molar-refractivity contribution in [2.75, 3.05) is 0 Å². The van der Waals surface area contributed by atoms with Crippen LogP contribution in [0.1, 0.15) is 43.0 Å². The van der Waals surface area contributed by atoms with E-state index in [2.05, 4.69) is 39.0 Å². The molecular weight excluding hydrogens is 258 g/mol. The number of aryl methyl sites for hydroxylation is 2. The molecule has 0 aliphatic heterocycles. The largest absolute Gasteiger partial charge is 0.491 e. The van der Waals surface area contributed by atoms with Gasteiger partial charge in [0.25, 0.3) is 0 Å². The minimum Gasteiger partial charge on any atom is -0.491 e. The molecular formula is C19H25NO. The van der Waals surface area contributed by atoms with E-state index in [1.807, 2.05) is 38.1 Å². The molecule has 0 heterocycles. The SMILES string of the molecule is Cc1ccc(C(C)(N)c2ccc(OC(C)C)cc2)cc1C. The van der Waals surface area contributed by atoms with E-state index in [1.165, 1.54) is 11.1 Å². The van der Waals surface area contributed by atoms with Gasteiger partial charge in [0.2, 0.25) is 0 Å². The predicted molar refractivity (Wildman–Crippen MR) is 88.8 cm³/mol. The summed E-state index contributed by atoms with van der Waals surface area (Å²) in [5, 5.41) is 0. The molecule has 2 nitrogen and oxygen atoms in total. The van der Waals surface area contributed by atoms with Gasteiger partial charge in [-0.05, 0) is 69.0 Å². The molecule has 0 spiro atoms. The molecule has 21 heavy (non-hydrogen) atoms. The number of ether oxygens (including phenoxy) is 1. The lowest BCUT2D eigenvalue weighted by Crippen LogP contribution is -2.34. The molecule has 112 valence electrons. The van der Waals surface area contributed by atoms with E-state index >= 15 is 0 Å². The number of rotatable bonds is 4. The third-order valence-electron chi connectivity index (χ3n) is 3.93. The van der Waals surface area contributed by atoms with Gasteiger partial charge >= 0.3 is 0 Å². The van der Waals surface area contributed by atoms with E-state index in [0.717, 1.165) is 16.9 Å². The first-order valence-electron chi connectivity index (χ1n) is 7.44. The van der Waals surface area contributed by atoms with E-state index in [4.69, 9.17) is 10.5 Å². The molecule has 0 saturated carbocycles. The summed E-state index contributed by atoms with van der Waals surface area (Å²) in [5.41, 5.74) is 10.9. The van der Waals surface area contributed by atoms with E-state index in [-0.39, 0.29) is 6.10 Å². The quantitative estimate of drug-likeness (QED) is 0.907. The zero-order chi connectivity index (χ0) is 15.6. The van der Waals surface area contributed by atoms with Crippen LogP contribution in [0.3, 0.4) is 0 Å². The maximum Gasteiger partial charge on any atom is 0.119 e. The van der Waals surface area contributed by atoms with Crippen molar-refractivity contribution in [3.8, 4) is 5.75 Å². The van der Waals surface area contributed by atoms with Gasteiger partial charge in [-0.3, -0.25) is 0 Å². The maximum atomic E-state index is 6.59. The Hall–Kier alpha value is -1.80. The van der Waals surface area contributed by atoms with Gasteiger partial charge in [0.1, 0.15) is 5.75 Å². The first kappa shape index (κ1) is 15.6. The molecule has 2 aromatic carbocycles. The van der Waals surface area contributed by atoms with Crippen LogP contribution in [0.15, 0.2) is 42.5 Å². The van der Waals surface area contributed by atoms with Gasteiger partial charge in [-0.2, -0.15) is 0 Å². The molecule has 2 N–H and O–H groups in total. The van der Waals surface area contributed by atoms with Crippen molar-refractivity contribution in [3.63, 3.8) is 0 Å². The highest BCUT2D eigenvalue weighted by Gasteiger charge is 2.24. The molecule has 1 atom stereocenters. The monoisotopic (exact) mass is 283 g/mol. The van der Waals surface area contributed by atoms with Crippen molar-refractivity contribution in [1.29, 1.82) is 0 Å². The van der Waals surface area contributed by atoms with Gasteiger partial charge in [0.05, 0.1) is 11.6 Å². The summed E-state index contributed by atoms with van der Waals surface area (Å²) in [6.45, 7) is 10.3. The fourth-order valence-electron chi connectivity index (χ4n) is 2.38. The van der Waals surface area contributed by atoms with Gasteiger partial charge in [0.15, 0.2) is 0 Å².